The molecule has 2 rings (SSSR count). The SMILES string of the molecule is COCc1cccc(CNc2c(F)cc(Br)cc2F)c1. The molecular formula is C15H14BrF2NO. The molecule has 0 spiro atoms. The Hall–Kier alpha value is -1.46. The third kappa shape index (κ3) is 3.77. The van der Waals surface area contributed by atoms with E-state index < -0.39 is 11.6 Å². The van der Waals surface area contributed by atoms with Gasteiger partial charge in [0.15, 0.2) is 0 Å². The molecule has 0 radical (unpaired) electrons. The first-order valence-corrected chi connectivity index (χ1v) is 6.84. The van der Waals surface area contributed by atoms with Gasteiger partial charge in [0.25, 0.3) is 0 Å². The molecule has 0 aliphatic carbocycles. The fourth-order valence-corrected chi connectivity index (χ4v) is 2.30. The highest BCUT2D eigenvalue weighted by Gasteiger charge is 2.10. The Labute approximate surface area is 124 Å². The number of hydrogen-bond acceptors (Lipinski definition) is 2. The van der Waals surface area contributed by atoms with Gasteiger partial charge in [-0.3, -0.25) is 0 Å². The van der Waals surface area contributed by atoms with E-state index in [0.717, 1.165) is 11.1 Å². The first kappa shape index (κ1) is 14.9. The maximum absolute atomic E-state index is 13.7. The van der Waals surface area contributed by atoms with Crippen LogP contribution in [0, 0.1) is 11.6 Å². The van der Waals surface area contributed by atoms with Gasteiger partial charge in [-0.25, -0.2) is 8.78 Å². The molecular weight excluding hydrogens is 328 g/mol. The van der Waals surface area contributed by atoms with Crippen LogP contribution in [0.15, 0.2) is 40.9 Å². The third-order valence-electron chi connectivity index (χ3n) is 2.78. The van der Waals surface area contributed by atoms with E-state index in [9.17, 15) is 8.78 Å². The minimum Gasteiger partial charge on any atom is -0.380 e. The van der Waals surface area contributed by atoms with Gasteiger partial charge in [-0.15, -0.1) is 0 Å². The van der Waals surface area contributed by atoms with E-state index in [2.05, 4.69) is 21.2 Å². The van der Waals surface area contributed by atoms with Crippen LogP contribution < -0.4 is 5.32 Å². The Balaban J connectivity index is 2.11. The minimum atomic E-state index is -0.620. The molecule has 0 heterocycles. The molecule has 2 aromatic rings. The van der Waals surface area contributed by atoms with Gasteiger partial charge < -0.3 is 10.1 Å². The monoisotopic (exact) mass is 341 g/mol. The number of rotatable bonds is 5. The molecule has 2 aromatic carbocycles. The molecule has 0 unspecified atom stereocenters. The number of benzene rings is 2. The Morgan fingerprint density at radius 2 is 1.75 bits per heavy atom. The van der Waals surface area contributed by atoms with Gasteiger partial charge in [-0.2, -0.15) is 0 Å². The summed E-state index contributed by atoms with van der Waals surface area (Å²) in [6.07, 6.45) is 0. The number of halogens is 3. The molecule has 0 atom stereocenters. The van der Waals surface area contributed by atoms with Crippen molar-refractivity contribution in [3.63, 3.8) is 0 Å². The summed E-state index contributed by atoms with van der Waals surface area (Å²) < 4.78 is 32.7. The van der Waals surface area contributed by atoms with Crippen molar-refractivity contribution in [1.29, 1.82) is 0 Å². The molecule has 0 aliphatic rings. The van der Waals surface area contributed by atoms with E-state index in [0.29, 0.717) is 17.6 Å². The van der Waals surface area contributed by atoms with Crippen molar-refractivity contribution in [3.05, 3.63) is 63.6 Å². The van der Waals surface area contributed by atoms with Crippen molar-refractivity contribution in [2.24, 2.45) is 0 Å². The molecule has 0 aliphatic heterocycles. The highest BCUT2D eigenvalue weighted by Crippen LogP contribution is 2.24. The summed E-state index contributed by atoms with van der Waals surface area (Å²) in [5.74, 6) is -1.24. The average Bonchev–Trinajstić information content (AvgIpc) is 2.38. The Bertz CT molecular complexity index is 581. The number of hydrogen-bond donors (Lipinski definition) is 1. The summed E-state index contributed by atoms with van der Waals surface area (Å²) in [5.41, 5.74) is 1.83. The van der Waals surface area contributed by atoms with Crippen LogP contribution in [0.25, 0.3) is 0 Å². The molecule has 20 heavy (non-hydrogen) atoms. The molecule has 0 saturated heterocycles. The molecule has 1 N–H and O–H groups in total. The van der Waals surface area contributed by atoms with E-state index >= 15 is 0 Å². The van der Waals surface area contributed by atoms with Gasteiger partial charge in [0, 0.05) is 18.1 Å². The lowest BCUT2D eigenvalue weighted by Gasteiger charge is -2.10. The van der Waals surface area contributed by atoms with Gasteiger partial charge in [0.1, 0.15) is 17.3 Å². The average molecular weight is 342 g/mol. The molecule has 0 bridgehead atoms. The number of methoxy groups -OCH3 is 1. The highest BCUT2D eigenvalue weighted by molar-refractivity contribution is 9.10. The van der Waals surface area contributed by atoms with Crippen molar-refractivity contribution < 1.29 is 13.5 Å². The topological polar surface area (TPSA) is 21.3 Å². The summed E-state index contributed by atoms with van der Waals surface area (Å²) >= 11 is 3.05. The van der Waals surface area contributed by atoms with Crippen molar-refractivity contribution in [2.75, 3.05) is 12.4 Å². The first-order valence-electron chi connectivity index (χ1n) is 6.05. The molecule has 5 heteroatoms. The van der Waals surface area contributed by atoms with Crippen LogP contribution in [0.5, 0.6) is 0 Å². The standard InChI is InChI=1S/C15H14BrF2NO/c1-20-9-11-4-2-3-10(5-11)8-19-15-13(17)6-12(16)7-14(15)18/h2-7,19H,8-9H2,1H3. The Morgan fingerprint density at radius 3 is 2.40 bits per heavy atom. The quantitative estimate of drug-likeness (QED) is 0.865. The highest BCUT2D eigenvalue weighted by atomic mass is 79.9. The third-order valence-corrected chi connectivity index (χ3v) is 3.24. The molecule has 0 amide bonds. The number of ether oxygens (including phenoxy) is 1. The maximum atomic E-state index is 13.7. The maximum Gasteiger partial charge on any atom is 0.150 e. The van der Waals surface area contributed by atoms with Crippen LogP contribution in [-0.4, -0.2) is 7.11 Å². The van der Waals surface area contributed by atoms with Crippen LogP contribution in [0.1, 0.15) is 11.1 Å². The number of anilines is 1. The lowest BCUT2D eigenvalue weighted by Crippen LogP contribution is -2.04. The van der Waals surface area contributed by atoms with Crippen LogP contribution in [-0.2, 0) is 17.9 Å². The zero-order valence-corrected chi connectivity index (χ0v) is 12.5. The molecule has 0 aromatic heterocycles. The second kappa shape index (κ2) is 6.81. The van der Waals surface area contributed by atoms with E-state index in [4.69, 9.17) is 4.74 Å². The summed E-state index contributed by atoms with van der Waals surface area (Å²) in [6, 6.07) is 10.1. The number of nitrogens with one attached hydrogen (secondary N) is 1. The summed E-state index contributed by atoms with van der Waals surface area (Å²) in [4.78, 5) is 0. The van der Waals surface area contributed by atoms with Gasteiger partial charge in [0.2, 0.25) is 0 Å². The molecule has 0 saturated carbocycles. The van der Waals surface area contributed by atoms with Crippen molar-refractivity contribution in [2.45, 2.75) is 13.2 Å². The minimum absolute atomic E-state index is 0.120. The summed E-state index contributed by atoms with van der Waals surface area (Å²) in [6.45, 7) is 0.849. The zero-order valence-electron chi connectivity index (χ0n) is 10.9. The van der Waals surface area contributed by atoms with Crippen LogP contribution >= 0.6 is 15.9 Å². The van der Waals surface area contributed by atoms with Gasteiger partial charge >= 0.3 is 0 Å². The molecule has 0 fully saturated rings. The summed E-state index contributed by atoms with van der Waals surface area (Å²) in [7, 11) is 1.62. The molecule has 106 valence electrons. The fraction of sp³-hybridized carbons (Fsp3) is 0.200. The van der Waals surface area contributed by atoms with Gasteiger partial charge in [-0.1, -0.05) is 40.2 Å². The lowest BCUT2D eigenvalue weighted by molar-refractivity contribution is 0.185. The van der Waals surface area contributed by atoms with Crippen LogP contribution in [0.2, 0.25) is 0 Å². The van der Waals surface area contributed by atoms with Crippen molar-refractivity contribution >= 4 is 21.6 Å². The normalized spacial score (nSPS) is 10.6. The Kier molecular flexibility index (Phi) is 5.09. The van der Waals surface area contributed by atoms with Crippen molar-refractivity contribution in [3.8, 4) is 0 Å². The fourth-order valence-electron chi connectivity index (χ4n) is 1.90. The second-order valence-corrected chi connectivity index (χ2v) is 5.27. The van der Waals surface area contributed by atoms with E-state index in [1.165, 1.54) is 12.1 Å². The van der Waals surface area contributed by atoms with Crippen LogP contribution in [0.3, 0.4) is 0 Å². The zero-order chi connectivity index (χ0) is 14.5. The van der Waals surface area contributed by atoms with E-state index in [1.807, 2.05) is 24.3 Å². The lowest BCUT2D eigenvalue weighted by atomic mass is 10.1. The molecule has 2 nitrogen and oxygen atoms in total. The van der Waals surface area contributed by atoms with E-state index in [-0.39, 0.29) is 5.69 Å². The predicted octanol–water partition coefficient (Wildman–Crippen LogP) is 4.49. The smallest absolute Gasteiger partial charge is 0.150 e. The second-order valence-electron chi connectivity index (χ2n) is 4.35. The van der Waals surface area contributed by atoms with E-state index in [1.54, 1.807) is 7.11 Å². The first-order chi connectivity index (χ1) is 9.60. The predicted molar refractivity (Wildman–Crippen MR) is 78.5 cm³/mol. The largest absolute Gasteiger partial charge is 0.380 e. The summed E-state index contributed by atoms with van der Waals surface area (Å²) in [5, 5.41) is 2.78. The van der Waals surface area contributed by atoms with Crippen LogP contribution in [0.4, 0.5) is 14.5 Å². The van der Waals surface area contributed by atoms with Gasteiger partial charge in [-0.05, 0) is 23.3 Å². The van der Waals surface area contributed by atoms with Crippen molar-refractivity contribution in [1.82, 2.24) is 0 Å². The van der Waals surface area contributed by atoms with Gasteiger partial charge in [0.05, 0.1) is 6.61 Å². The Morgan fingerprint density at radius 1 is 1.10 bits per heavy atom.